The maximum absolute atomic E-state index is 13.3. The van der Waals surface area contributed by atoms with Gasteiger partial charge in [-0.1, -0.05) is 45.7 Å². The lowest BCUT2D eigenvalue weighted by atomic mass is 10.0. The monoisotopic (exact) mass is 342 g/mol. The molecule has 0 spiro atoms. The van der Waals surface area contributed by atoms with Crippen LogP contribution in [0, 0.1) is 12.7 Å². The minimum Gasteiger partial charge on any atom is -0.388 e. The van der Waals surface area contributed by atoms with Gasteiger partial charge in [-0.25, -0.2) is 4.39 Å². The molecule has 2 aromatic carbocycles. The number of benzene rings is 2. The average molecular weight is 344 g/mol. The first kappa shape index (κ1) is 14.5. The number of aryl methyl sites for hydroxylation is 1. The summed E-state index contributed by atoms with van der Waals surface area (Å²) in [6.07, 6.45) is -0.342. The van der Waals surface area contributed by atoms with E-state index >= 15 is 0 Å². The number of aliphatic hydroxyl groups is 1. The summed E-state index contributed by atoms with van der Waals surface area (Å²) >= 11 is 9.06. The van der Waals surface area contributed by atoms with Crippen molar-refractivity contribution in [2.75, 3.05) is 0 Å². The highest BCUT2D eigenvalue weighted by atomic mass is 79.9. The van der Waals surface area contributed by atoms with Crippen molar-refractivity contribution in [1.82, 2.24) is 0 Å². The Morgan fingerprint density at radius 2 is 2.00 bits per heavy atom. The number of halogens is 3. The zero-order chi connectivity index (χ0) is 14.0. The number of hydrogen-bond acceptors (Lipinski definition) is 1. The van der Waals surface area contributed by atoms with Crippen LogP contribution in [0.5, 0.6) is 0 Å². The van der Waals surface area contributed by atoms with E-state index in [4.69, 9.17) is 11.6 Å². The molecule has 0 amide bonds. The van der Waals surface area contributed by atoms with Gasteiger partial charge in [0.1, 0.15) is 5.82 Å². The van der Waals surface area contributed by atoms with Crippen molar-refractivity contribution in [2.45, 2.75) is 19.4 Å². The van der Waals surface area contributed by atoms with E-state index in [0.717, 1.165) is 15.6 Å². The van der Waals surface area contributed by atoms with E-state index in [-0.39, 0.29) is 5.02 Å². The summed E-state index contributed by atoms with van der Waals surface area (Å²) in [4.78, 5) is 0. The molecule has 4 heteroatoms. The maximum atomic E-state index is 13.3. The Kier molecular flexibility index (Phi) is 4.61. The van der Waals surface area contributed by atoms with Gasteiger partial charge in [0.2, 0.25) is 0 Å². The van der Waals surface area contributed by atoms with Gasteiger partial charge in [-0.2, -0.15) is 0 Å². The zero-order valence-electron chi connectivity index (χ0n) is 10.3. The van der Waals surface area contributed by atoms with Crippen molar-refractivity contribution in [1.29, 1.82) is 0 Å². The summed E-state index contributed by atoms with van der Waals surface area (Å²) in [6.45, 7) is 1.98. The number of hydrogen-bond donors (Lipinski definition) is 1. The molecular formula is C15H13BrClFO. The quantitative estimate of drug-likeness (QED) is 0.846. The molecule has 0 aliphatic heterocycles. The zero-order valence-corrected chi connectivity index (χ0v) is 12.7. The Bertz CT molecular complexity index is 601. The fourth-order valence-electron chi connectivity index (χ4n) is 1.90. The first-order chi connectivity index (χ1) is 8.97. The van der Waals surface area contributed by atoms with Gasteiger partial charge in [-0.15, -0.1) is 0 Å². The molecule has 0 aliphatic rings. The molecular weight excluding hydrogens is 331 g/mol. The number of aliphatic hydroxyl groups excluding tert-OH is 1. The minimum absolute atomic E-state index is 0.0924. The predicted octanol–water partition coefficient (Wildman–Crippen LogP) is 4.83. The van der Waals surface area contributed by atoms with Crippen LogP contribution >= 0.6 is 27.5 Å². The normalized spacial score (nSPS) is 12.5. The highest BCUT2D eigenvalue weighted by molar-refractivity contribution is 9.10. The Labute approximate surface area is 125 Å². The lowest BCUT2D eigenvalue weighted by molar-refractivity contribution is 0.177. The molecule has 1 atom stereocenters. The van der Waals surface area contributed by atoms with Crippen LogP contribution in [-0.4, -0.2) is 5.11 Å². The third-order valence-corrected chi connectivity index (χ3v) is 3.92. The fourth-order valence-corrected chi connectivity index (χ4v) is 2.78. The van der Waals surface area contributed by atoms with Gasteiger partial charge in [0.05, 0.1) is 11.1 Å². The van der Waals surface area contributed by atoms with Crippen LogP contribution in [0.15, 0.2) is 40.9 Å². The van der Waals surface area contributed by atoms with Crippen LogP contribution in [0.1, 0.15) is 22.8 Å². The Morgan fingerprint density at radius 3 is 2.63 bits per heavy atom. The topological polar surface area (TPSA) is 20.2 Å². The predicted molar refractivity (Wildman–Crippen MR) is 79.0 cm³/mol. The minimum atomic E-state index is -0.685. The molecule has 2 aromatic rings. The van der Waals surface area contributed by atoms with Gasteiger partial charge < -0.3 is 5.11 Å². The molecule has 0 radical (unpaired) electrons. The smallest absolute Gasteiger partial charge is 0.142 e. The largest absolute Gasteiger partial charge is 0.388 e. The molecule has 0 aromatic heterocycles. The molecule has 0 bridgehead atoms. The van der Waals surface area contributed by atoms with Crippen molar-refractivity contribution in [2.24, 2.45) is 0 Å². The fraction of sp³-hybridized carbons (Fsp3) is 0.200. The van der Waals surface area contributed by atoms with Gasteiger partial charge in [-0.05, 0) is 41.8 Å². The van der Waals surface area contributed by atoms with Crippen molar-refractivity contribution in [3.63, 3.8) is 0 Å². The summed E-state index contributed by atoms with van der Waals surface area (Å²) in [5.74, 6) is -0.464. The second-order valence-electron chi connectivity index (χ2n) is 4.49. The molecule has 0 aliphatic carbocycles. The molecule has 100 valence electrons. The SMILES string of the molecule is Cc1ccc(C(O)Cc2ccc(Cl)c(F)c2)c(Br)c1. The first-order valence-corrected chi connectivity index (χ1v) is 7.02. The van der Waals surface area contributed by atoms with E-state index < -0.39 is 11.9 Å². The van der Waals surface area contributed by atoms with Crippen LogP contribution < -0.4 is 0 Å². The second kappa shape index (κ2) is 6.04. The average Bonchev–Trinajstić information content (AvgIpc) is 2.33. The van der Waals surface area contributed by atoms with E-state index in [1.807, 2.05) is 25.1 Å². The Morgan fingerprint density at radius 1 is 1.26 bits per heavy atom. The summed E-state index contributed by atoms with van der Waals surface area (Å²) in [5.41, 5.74) is 2.61. The molecule has 0 saturated heterocycles. The van der Waals surface area contributed by atoms with Gasteiger partial charge >= 0.3 is 0 Å². The summed E-state index contributed by atoms with van der Waals surface area (Å²) in [6, 6.07) is 10.3. The van der Waals surface area contributed by atoms with E-state index in [0.29, 0.717) is 12.0 Å². The third-order valence-electron chi connectivity index (χ3n) is 2.93. The molecule has 0 heterocycles. The maximum Gasteiger partial charge on any atom is 0.142 e. The van der Waals surface area contributed by atoms with Crippen LogP contribution in [0.25, 0.3) is 0 Å². The summed E-state index contributed by atoms with van der Waals surface area (Å²) in [5, 5.41) is 10.3. The van der Waals surface area contributed by atoms with Crippen molar-refractivity contribution in [3.8, 4) is 0 Å². The molecule has 0 saturated carbocycles. The molecule has 1 N–H and O–H groups in total. The van der Waals surface area contributed by atoms with Crippen molar-refractivity contribution < 1.29 is 9.50 Å². The van der Waals surface area contributed by atoms with E-state index in [1.165, 1.54) is 12.1 Å². The standard InChI is InChI=1S/C15H13BrClFO/c1-9-2-4-11(12(16)6-9)15(19)8-10-3-5-13(17)14(18)7-10/h2-7,15,19H,8H2,1H3. The van der Waals surface area contributed by atoms with Gasteiger partial charge in [0.25, 0.3) is 0 Å². The molecule has 0 fully saturated rings. The molecule has 1 nitrogen and oxygen atoms in total. The van der Waals surface area contributed by atoms with Gasteiger partial charge in [0, 0.05) is 10.9 Å². The first-order valence-electron chi connectivity index (χ1n) is 5.85. The van der Waals surface area contributed by atoms with Crippen LogP contribution in [0.4, 0.5) is 4.39 Å². The molecule has 2 rings (SSSR count). The van der Waals surface area contributed by atoms with Crippen molar-refractivity contribution >= 4 is 27.5 Å². The van der Waals surface area contributed by atoms with E-state index in [2.05, 4.69) is 15.9 Å². The number of rotatable bonds is 3. The van der Waals surface area contributed by atoms with Crippen LogP contribution in [0.3, 0.4) is 0 Å². The van der Waals surface area contributed by atoms with E-state index in [9.17, 15) is 9.50 Å². The highest BCUT2D eigenvalue weighted by Crippen LogP contribution is 2.27. The Hall–Kier alpha value is -0.900. The van der Waals surface area contributed by atoms with Crippen LogP contribution in [-0.2, 0) is 6.42 Å². The third kappa shape index (κ3) is 3.56. The van der Waals surface area contributed by atoms with Crippen LogP contribution in [0.2, 0.25) is 5.02 Å². The molecule has 1 unspecified atom stereocenters. The second-order valence-corrected chi connectivity index (χ2v) is 5.75. The lowest BCUT2D eigenvalue weighted by Gasteiger charge is -2.14. The van der Waals surface area contributed by atoms with Gasteiger partial charge in [-0.3, -0.25) is 0 Å². The lowest BCUT2D eigenvalue weighted by Crippen LogP contribution is -2.03. The van der Waals surface area contributed by atoms with E-state index in [1.54, 1.807) is 6.07 Å². The van der Waals surface area contributed by atoms with Crippen molar-refractivity contribution in [3.05, 3.63) is 68.4 Å². The molecule has 19 heavy (non-hydrogen) atoms. The van der Waals surface area contributed by atoms with Gasteiger partial charge in [0.15, 0.2) is 0 Å². The summed E-state index contributed by atoms with van der Waals surface area (Å²) < 4.78 is 14.2. The summed E-state index contributed by atoms with van der Waals surface area (Å²) in [7, 11) is 0. The Balaban J connectivity index is 2.20. The highest BCUT2D eigenvalue weighted by Gasteiger charge is 2.13.